The monoisotopic (exact) mass is 316 g/mol. The van der Waals surface area contributed by atoms with Gasteiger partial charge in [0.25, 0.3) is 0 Å². The first kappa shape index (κ1) is 16.5. The van der Waals surface area contributed by atoms with E-state index in [1.807, 2.05) is 54.4 Å². The quantitative estimate of drug-likeness (QED) is 0.851. The van der Waals surface area contributed by atoms with Crippen LogP contribution in [0.25, 0.3) is 0 Å². The summed E-state index contributed by atoms with van der Waals surface area (Å²) >= 11 is 5.96. The predicted octanol–water partition coefficient (Wildman–Crippen LogP) is 3.13. The molecule has 0 aliphatic rings. The Morgan fingerprint density at radius 1 is 1.09 bits per heavy atom. The van der Waals surface area contributed by atoms with Gasteiger partial charge >= 0.3 is 0 Å². The summed E-state index contributed by atoms with van der Waals surface area (Å²) in [4.78, 5) is 13.9. The maximum absolute atomic E-state index is 11.9. The van der Waals surface area contributed by atoms with Crippen LogP contribution in [0.3, 0.4) is 0 Å². The minimum Gasteiger partial charge on any atom is -0.355 e. The lowest BCUT2D eigenvalue weighted by atomic mass is 10.1. The highest BCUT2D eigenvalue weighted by Gasteiger charge is 2.07. The second kappa shape index (κ2) is 8.57. The highest BCUT2D eigenvalue weighted by atomic mass is 35.5. The Morgan fingerprint density at radius 2 is 1.82 bits per heavy atom. The Hall–Kier alpha value is -1.84. The van der Waals surface area contributed by atoms with E-state index in [-0.39, 0.29) is 5.91 Å². The highest BCUT2D eigenvalue weighted by Crippen LogP contribution is 2.11. The van der Waals surface area contributed by atoms with Gasteiger partial charge in [0, 0.05) is 18.1 Å². The molecule has 1 N–H and O–H groups in total. The molecule has 0 bridgehead atoms. The van der Waals surface area contributed by atoms with E-state index in [0.717, 1.165) is 17.0 Å². The predicted molar refractivity (Wildman–Crippen MR) is 90.9 cm³/mol. The molecule has 0 aliphatic heterocycles. The summed E-state index contributed by atoms with van der Waals surface area (Å²) < 4.78 is 0. The van der Waals surface area contributed by atoms with E-state index >= 15 is 0 Å². The standard InChI is InChI=1S/C18H21ClN2O/c1-21(13-16-8-5-9-17(19)12-16)14-18(22)20-11-10-15-6-3-2-4-7-15/h2-9,12H,10-11,13-14H2,1H3,(H,20,22). The molecule has 0 spiro atoms. The topological polar surface area (TPSA) is 32.3 Å². The van der Waals surface area contributed by atoms with Gasteiger partial charge < -0.3 is 5.32 Å². The van der Waals surface area contributed by atoms with Crippen molar-refractivity contribution in [2.24, 2.45) is 0 Å². The molecule has 0 atom stereocenters. The molecule has 0 aromatic heterocycles. The first-order valence-electron chi connectivity index (χ1n) is 7.37. The minimum absolute atomic E-state index is 0.0421. The summed E-state index contributed by atoms with van der Waals surface area (Å²) in [7, 11) is 1.93. The van der Waals surface area contributed by atoms with E-state index in [9.17, 15) is 4.79 Å². The van der Waals surface area contributed by atoms with Crippen molar-refractivity contribution in [2.45, 2.75) is 13.0 Å². The molecule has 0 unspecified atom stereocenters. The van der Waals surface area contributed by atoms with Crippen molar-refractivity contribution in [1.29, 1.82) is 0 Å². The van der Waals surface area contributed by atoms with Crippen LogP contribution in [0.15, 0.2) is 54.6 Å². The van der Waals surface area contributed by atoms with Gasteiger partial charge in [-0.2, -0.15) is 0 Å². The van der Waals surface area contributed by atoms with E-state index in [4.69, 9.17) is 11.6 Å². The molecular formula is C18H21ClN2O. The van der Waals surface area contributed by atoms with Crippen molar-refractivity contribution >= 4 is 17.5 Å². The lowest BCUT2D eigenvalue weighted by Crippen LogP contribution is -2.35. The summed E-state index contributed by atoms with van der Waals surface area (Å²) in [5.41, 5.74) is 2.34. The first-order valence-corrected chi connectivity index (χ1v) is 7.75. The number of benzene rings is 2. The Bertz CT molecular complexity index is 601. The zero-order chi connectivity index (χ0) is 15.8. The fourth-order valence-electron chi connectivity index (χ4n) is 2.29. The van der Waals surface area contributed by atoms with Crippen LogP contribution in [0.4, 0.5) is 0 Å². The average molecular weight is 317 g/mol. The number of nitrogens with zero attached hydrogens (tertiary/aromatic N) is 1. The zero-order valence-corrected chi connectivity index (χ0v) is 13.5. The highest BCUT2D eigenvalue weighted by molar-refractivity contribution is 6.30. The van der Waals surface area contributed by atoms with E-state index in [1.165, 1.54) is 5.56 Å². The number of amides is 1. The van der Waals surface area contributed by atoms with Gasteiger partial charge in [0.05, 0.1) is 6.54 Å². The van der Waals surface area contributed by atoms with Crippen LogP contribution < -0.4 is 5.32 Å². The third kappa shape index (κ3) is 5.88. The third-order valence-corrected chi connectivity index (χ3v) is 3.57. The van der Waals surface area contributed by atoms with Gasteiger partial charge in [0.15, 0.2) is 0 Å². The summed E-state index contributed by atoms with van der Waals surface area (Å²) in [5.74, 6) is 0.0421. The number of carbonyl (C=O) groups is 1. The molecule has 0 saturated heterocycles. The smallest absolute Gasteiger partial charge is 0.234 e. The third-order valence-electron chi connectivity index (χ3n) is 3.33. The van der Waals surface area contributed by atoms with Gasteiger partial charge in [0.2, 0.25) is 5.91 Å². The number of nitrogens with one attached hydrogen (secondary N) is 1. The molecule has 4 heteroatoms. The number of hydrogen-bond acceptors (Lipinski definition) is 2. The van der Waals surface area contributed by atoms with Gasteiger partial charge in [-0.25, -0.2) is 0 Å². The molecule has 0 radical (unpaired) electrons. The number of hydrogen-bond donors (Lipinski definition) is 1. The molecule has 0 heterocycles. The second-order valence-electron chi connectivity index (χ2n) is 5.39. The normalized spacial score (nSPS) is 10.7. The molecule has 2 aromatic rings. The van der Waals surface area contributed by atoms with E-state index in [0.29, 0.717) is 19.6 Å². The minimum atomic E-state index is 0.0421. The molecule has 2 rings (SSSR count). The molecule has 22 heavy (non-hydrogen) atoms. The van der Waals surface area contributed by atoms with E-state index in [2.05, 4.69) is 17.4 Å². The maximum Gasteiger partial charge on any atom is 0.234 e. The Kier molecular flexibility index (Phi) is 6.44. The van der Waals surface area contributed by atoms with Gasteiger partial charge in [-0.1, -0.05) is 54.1 Å². The number of likely N-dealkylation sites (N-methyl/N-ethyl adjacent to an activating group) is 1. The molecule has 0 saturated carbocycles. The van der Waals surface area contributed by atoms with Crippen molar-refractivity contribution < 1.29 is 4.79 Å². The van der Waals surface area contributed by atoms with Crippen LogP contribution >= 0.6 is 11.6 Å². The summed E-state index contributed by atoms with van der Waals surface area (Å²) in [6.45, 7) is 1.74. The van der Waals surface area contributed by atoms with Crippen LogP contribution in [-0.2, 0) is 17.8 Å². The number of halogens is 1. The summed E-state index contributed by atoms with van der Waals surface area (Å²) in [6, 6.07) is 17.8. The number of carbonyl (C=O) groups excluding carboxylic acids is 1. The Labute approximate surface area is 136 Å². The number of rotatable bonds is 7. The second-order valence-corrected chi connectivity index (χ2v) is 5.82. The van der Waals surface area contributed by atoms with Crippen LogP contribution in [0, 0.1) is 0 Å². The maximum atomic E-state index is 11.9. The van der Waals surface area contributed by atoms with Crippen molar-refractivity contribution in [2.75, 3.05) is 20.1 Å². The van der Waals surface area contributed by atoms with Crippen molar-refractivity contribution in [3.63, 3.8) is 0 Å². The molecule has 0 fully saturated rings. The van der Waals surface area contributed by atoms with Crippen LogP contribution in [0.5, 0.6) is 0 Å². The van der Waals surface area contributed by atoms with Crippen molar-refractivity contribution in [3.05, 3.63) is 70.7 Å². The SMILES string of the molecule is CN(CC(=O)NCCc1ccccc1)Cc1cccc(Cl)c1. The Balaban J connectivity index is 1.70. The van der Waals surface area contributed by atoms with Gasteiger partial charge in [0.1, 0.15) is 0 Å². The van der Waals surface area contributed by atoms with Gasteiger partial charge in [-0.15, -0.1) is 0 Å². The van der Waals surface area contributed by atoms with E-state index in [1.54, 1.807) is 0 Å². The molecule has 1 amide bonds. The average Bonchev–Trinajstić information content (AvgIpc) is 2.48. The molecule has 2 aromatic carbocycles. The van der Waals surface area contributed by atoms with Gasteiger partial charge in [-0.05, 0) is 36.7 Å². The fourth-order valence-corrected chi connectivity index (χ4v) is 2.51. The van der Waals surface area contributed by atoms with Crippen LogP contribution in [0.1, 0.15) is 11.1 Å². The zero-order valence-electron chi connectivity index (χ0n) is 12.8. The van der Waals surface area contributed by atoms with Crippen LogP contribution in [-0.4, -0.2) is 30.9 Å². The van der Waals surface area contributed by atoms with Crippen molar-refractivity contribution in [1.82, 2.24) is 10.2 Å². The largest absolute Gasteiger partial charge is 0.355 e. The van der Waals surface area contributed by atoms with Gasteiger partial charge in [-0.3, -0.25) is 9.69 Å². The molecular weight excluding hydrogens is 296 g/mol. The lowest BCUT2D eigenvalue weighted by molar-refractivity contribution is -0.122. The first-order chi connectivity index (χ1) is 10.6. The Morgan fingerprint density at radius 3 is 2.55 bits per heavy atom. The van der Waals surface area contributed by atoms with Crippen LogP contribution in [0.2, 0.25) is 5.02 Å². The summed E-state index contributed by atoms with van der Waals surface area (Å²) in [6.07, 6.45) is 0.852. The molecule has 116 valence electrons. The molecule has 3 nitrogen and oxygen atoms in total. The fraction of sp³-hybridized carbons (Fsp3) is 0.278. The van der Waals surface area contributed by atoms with Crippen molar-refractivity contribution in [3.8, 4) is 0 Å². The van der Waals surface area contributed by atoms with E-state index < -0.39 is 0 Å². The summed E-state index contributed by atoms with van der Waals surface area (Å²) in [5, 5.41) is 3.67. The lowest BCUT2D eigenvalue weighted by Gasteiger charge is -2.16. The molecule has 0 aliphatic carbocycles.